The molecule has 0 aliphatic carbocycles. The smallest absolute Gasteiger partial charge is 0.253 e. The van der Waals surface area contributed by atoms with E-state index in [-0.39, 0.29) is 18.4 Å². The number of ether oxygens (including phenoxy) is 1. The fourth-order valence-electron chi connectivity index (χ4n) is 2.63. The molecule has 144 valence electrons. The number of amides is 2. The fraction of sp³-hybridized carbons (Fsp3) is 0.333. The number of carbonyl (C=O) groups is 2. The molecule has 0 fully saturated rings. The van der Waals surface area contributed by atoms with Crippen LogP contribution < -0.4 is 10.5 Å². The van der Waals surface area contributed by atoms with Gasteiger partial charge in [-0.3, -0.25) is 9.59 Å². The normalized spacial score (nSPS) is 10.7. The summed E-state index contributed by atoms with van der Waals surface area (Å²) in [7, 11) is 0. The van der Waals surface area contributed by atoms with E-state index in [0.717, 1.165) is 10.0 Å². The van der Waals surface area contributed by atoms with Crippen molar-refractivity contribution < 1.29 is 14.3 Å². The minimum absolute atomic E-state index is 0.0424. The zero-order valence-electron chi connectivity index (χ0n) is 15.7. The lowest BCUT2D eigenvalue weighted by Crippen LogP contribution is -2.35. The SMILES string of the molecule is CC(C)Oc1ccc(C(=O)N(CCC(N)=O)CCc2ccccc2)cc1Br. The Hall–Kier alpha value is -2.34. The zero-order chi connectivity index (χ0) is 19.8. The van der Waals surface area contributed by atoms with Crippen molar-refractivity contribution in [1.82, 2.24) is 4.90 Å². The number of hydrogen-bond donors (Lipinski definition) is 1. The summed E-state index contributed by atoms with van der Waals surface area (Å²) in [6.07, 6.45) is 0.887. The van der Waals surface area contributed by atoms with E-state index >= 15 is 0 Å². The van der Waals surface area contributed by atoms with Gasteiger partial charge in [-0.15, -0.1) is 0 Å². The molecule has 0 aliphatic rings. The van der Waals surface area contributed by atoms with Gasteiger partial charge in [-0.2, -0.15) is 0 Å². The Morgan fingerprint density at radius 1 is 1.11 bits per heavy atom. The third-order valence-corrected chi connectivity index (χ3v) is 4.59. The van der Waals surface area contributed by atoms with Gasteiger partial charge < -0.3 is 15.4 Å². The third kappa shape index (κ3) is 6.71. The van der Waals surface area contributed by atoms with Gasteiger partial charge in [-0.05, 0) is 60.0 Å². The van der Waals surface area contributed by atoms with Crippen LogP contribution in [0.2, 0.25) is 0 Å². The van der Waals surface area contributed by atoms with Crippen LogP contribution in [0.25, 0.3) is 0 Å². The van der Waals surface area contributed by atoms with Gasteiger partial charge in [0.05, 0.1) is 10.6 Å². The molecule has 2 aromatic carbocycles. The van der Waals surface area contributed by atoms with Crippen LogP contribution in [0, 0.1) is 0 Å². The molecule has 27 heavy (non-hydrogen) atoms. The molecule has 2 amide bonds. The molecule has 0 saturated carbocycles. The first-order valence-electron chi connectivity index (χ1n) is 8.94. The number of primary amides is 1. The van der Waals surface area contributed by atoms with Crippen molar-refractivity contribution in [2.45, 2.75) is 32.8 Å². The van der Waals surface area contributed by atoms with Crippen molar-refractivity contribution in [3.63, 3.8) is 0 Å². The van der Waals surface area contributed by atoms with Gasteiger partial charge in [0.1, 0.15) is 5.75 Å². The van der Waals surface area contributed by atoms with Crippen molar-refractivity contribution in [3.8, 4) is 5.75 Å². The molecule has 0 unspecified atom stereocenters. The second-order valence-electron chi connectivity index (χ2n) is 6.56. The molecule has 0 saturated heterocycles. The fourth-order valence-corrected chi connectivity index (χ4v) is 3.11. The Morgan fingerprint density at radius 3 is 2.41 bits per heavy atom. The van der Waals surface area contributed by atoms with Crippen LogP contribution in [0.4, 0.5) is 0 Å². The van der Waals surface area contributed by atoms with Gasteiger partial charge in [0.2, 0.25) is 5.91 Å². The van der Waals surface area contributed by atoms with Crippen LogP contribution in [0.15, 0.2) is 53.0 Å². The molecule has 2 N–H and O–H groups in total. The molecule has 2 rings (SSSR count). The number of hydrogen-bond acceptors (Lipinski definition) is 3. The first-order valence-corrected chi connectivity index (χ1v) is 9.74. The van der Waals surface area contributed by atoms with Gasteiger partial charge in [-0.1, -0.05) is 30.3 Å². The second kappa shape index (κ2) is 10.1. The first kappa shape index (κ1) is 21.0. The topological polar surface area (TPSA) is 72.6 Å². The highest BCUT2D eigenvalue weighted by Crippen LogP contribution is 2.27. The quantitative estimate of drug-likeness (QED) is 0.654. The Kier molecular flexibility index (Phi) is 7.85. The summed E-state index contributed by atoms with van der Waals surface area (Å²) in [6, 6.07) is 15.2. The van der Waals surface area contributed by atoms with E-state index in [1.54, 1.807) is 23.1 Å². The van der Waals surface area contributed by atoms with Crippen molar-refractivity contribution in [1.29, 1.82) is 0 Å². The van der Waals surface area contributed by atoms with E-state index in [2.05, 4.69) is 15.9 Å². The second-order valence-corrected chi connectivity index (χ2v) is 7.41. The van der Waals surface area contributed by atoms with Crippen LogP contribution in [0.3, 0.4) is 0 Å². The van der Waals surface area contributed by atoms with Gasteiger partial charge in [-0.25, -0.2) is 0 Å². The van der Waals surface area contributed by atoms with Crippen molar-refractivity contribution >= 4 is 27.7 Å². The van der Waals surface area contributed by atoms with E-state index in [1.807, 2.05) is 44.2 Å². The molecular formula is C21H25BrN2O3. The molecule has 0 radical (unpaired) electrons. The van der Waals surface area contributed by atoms with Crippen molar-refractivity contribution in [2.75, 3.05) is 13.1 Å². The van der Waals surface area contributed by atoms with Gasteiger partial charge in [0, 0.05) is 25.1 Å². The molecular weight excluding hydrogens is 408 g/mol. The monoisotopic (exact) mass is 432 g/mol. The molecule has 6 heteroatoms. The molecule has 0 spiro atoms. The maximum atomic E-state index is 13.0. The van der Waals surface area contributed by atoms with Crippen LogP contribution in [-0.4, -0.2) is 35.9 Å². The molecule has 2 aromatic rings. The molecule has 0 aliphatic heterocycles. The predicted molar refractivity (Wildman–Crippen MR) is 110 cm³/mol. The van der Waals surface area contributed by atoms with Crippen LogP contribution in [-0.2, 0) is 11.2 Å². The van der Waals surface area contributed by atoms with Gasteiger partial charge in [0.25, 0.3) is 5.91 Å². The highest BCUT2D eigenvalue weighted by atomic mass is 79.9. The third-order valence-electron chi connectivity index (χ3n) is 3.97. The number of nitrogens with zero attached hydrogens (tertiary/aromatic N) is 1. The Morgan fingerprint density at radius 2 is 1.81 bits per heavy atom. The zero-order valence-corrected chi connectivity index (χ0v) is 17.2. The Labute approximate surface area is 168 Å². The highest BCUT2D eigenvalue weighted by Gasteiger charge is 2.18. The minimum atomic E-state index is -0.422. The molecule has 0 heterocycles. The van der Waals surface area contributed by atoms with E-state index in [4.69, 9.17) is 10.5 Å². The Balaban J connectivity index is 2.14. The first-order chi connectivity index (χ1) is 12.9. The maximum Gasteiger partial charge on any atom is 0.253 e. The molecule has 5 nitrogen and oxygen atoms in total. The standard InChI is InChI=1S/C21H25BrN2O3/c1-15(2)27-19-9-8-17(14-18(19)22)21(26)24(13-11-20(23)25)12-10-16-6-4-3-5-7-16/h3-9,14-15H,10-13H2,1-2H3,(H2,23,25). The predicted octanol–water partition coefficient (Wildman–Crippen LogP) is 3.80. The largest absolute Gasteiger partial charge is 0.490 e. The molecule has 0 bridgehead atoms. The van der Waals surface area contributed by atoms with Gasteiger partial charge >= 0.3 is 0 Å². The van der Waals surface area contributed by atoms with E-state index in [1.165, 1.54) is 0 Å². The average Bonchev–Trinajstić information content (AvgIpc) is 2.63. The van der Waals surface area contributed by atoms with Crippen molar-refractivity contribution in [3.05, 3.63) is 64.1 Å². The number of rotatable bonds is 9. The van der Waals surface area contributed by atoms with Crippen LogP contribution in [0.5, 0.6) is 5.75 Å². The average molecular weight is 433 g/mol. The summed E-state index contributed by atoms with van der Waals surface area (Å²) in [4.78, 5) is 25.8. The summed E-state index contributed by atoms with van der Waals surface area (Å²) in [6.45, 7) is 4.70. The Bertz CT molecular complexity index is 778. The lowest BCUT2D eigenvalue weighted by molar-refractivity contribution is -0.118. The molecule has 0 aromatic heterocycles. The molecule has 0 atom stereocenters. The summed E-state index contributed by atoms with van der Waals surface area (Å²) >= 11 is 3.46. The summed E-state index contributed by atoms with van der Waals surface area (Å²) in [5, 5.41) is 0. The lowest BCUT2D eigenvalue weighted by Gasteiger charge is -2.23. The number of benzene rings is 2. The highest BCUT2D eigenvalue weighted by molar-refractivity contribution is 9.10. The van der Waals surface area contributed by atoms with E-state index < -0.39 is 5.91 Å². The lowest BCUT2D eigenvalue weighted by atomic mass is 10.1. The summed E-state index contributed by atoms with van der Waals surface area (Å²) < 4.78 is 6.41. The number of nitrogens with two attached hydrogens (primary N) is 1. The number of carbonyl (C=O) groups excluding carboxylic acids is 2. The van der Waals surface area contributed by atoms with E-state index in [0.29, 0.717) is 30.8 Å². The summed E-state index contributed by atoms with van der Waals surface area (Å²) in [5.74, 6) is 0.132. The van der Waals surface area contributed by atoms with Gasteiger partial charge in [0.15, 0.2) is 0 Å². The summed E-state index contributed by atoms with van der Waals surface area (Å²) in [5.41, 5.74) is 6.95. The minimum Gasteiger partial charge on any atom is -0.490 e. The van der Waals surface area contributed by atoms with E-state index in [9.17, 15) is 9.59 Å². The van der Waals surface area contributed by atoms with Crippen LogP contribution >= 0.6 is 15.9 Å². The van der Waals surface area contributed by atoms with Crippen molar-refractivity contribution in [2.24, 2.45) is 5.73 Å². The van der Waals surface area contributed by atoms with Crippen LogP contribution in [0.1, 0.15) is 36.2 Å². The maximum absolute atomic E-state index is 13.0. The number of halogens is 1.